The van der Waals surface area contributed by atoms with Crippen molar-refractivity contribution in [2.75, 3.05) is 20.2 Å². The van der Waals surface area contributed by atoms with Gasteiger partial charge in [-0.1, -0.05) is 32.9 Å². The molecular weight excluding hydrogens is 336 g/mol. The number of benzene rings is 1. The number of rotatable bonds is 5. The normalized spacial score (nSPS) is 20.1. The Morgan fingerprint density at radius 3 is 2.35 bits per heavy atom. The molecular formula is C19H26N2O5. The van der Waals surface area contributed by atoms with Crippen LogP contribution in [0.15, 0.2) is 24.3 Å². The van der Waals surface area contributed by atoms with Crippen molar-refractivity contribution in [1.82, 2.24) is 10.2 Å². The maximum Gasteiger partial charge on any atom is 0.326 e. The Bertz CT molecular complexity index is 678. The molecule has 1 aliphatic rings. The first-order valence-electron chi connectivity index (χ1n) is 8.57. The topological polar surface area (TPSA) is 95.9 Å². The molecule has 1 aromatic carbocycles. The van der Waals surface area contributed by atoms with E-state index in [4.69, 9.17) is 4.74 Å². The lowest BCUT2D eigenvalue weighted by Gasteiger charge is -2.21. The summed E-state index contributed by atoms with van der Waals surface area (Å²) in [6, 6.07) is 6.30. The van der Waals surface area contributed by atoms with Gasteiger partial charge in [0.05, 0.1) is 12.6 Å². The van der Waals surface area contributed by atoms with Crippen molar-refractivity contribution in [2.45, 2.75) is 44.8 Å². The summed E-state index contributed by atoms with van der Waals surface area (Å²) in [4.78, 5) is 37.1. The first-order valence-corrected chi connectivity index (χ1v) is 8.57. The predicted octanol–water partition coefficient (Wildman–Crippen LogP) is 1.41. The van der Waals surface area contributed by atoms with Gasteiger partial charge in [-0.05, 0) is 23.1 Å². The smallest absolute Gasteiger partial charge is 0.326 e. The minimum absolute atomic E-state index is 0.00946. The van der Waals surface area contributed by atoms with E-state index in [1.54, 1.807) is 12.1 Å². The Morgan fingerprint density at radius 1 is 1.23 bits per heavy atom. The van der Waals surface area contributed by atoms with Gasteiger partial charge in [-0.25, -0.2) is 4.79 Å². The second kappa shape index (κ2) is 7.86. The largest absolute Gasteiger partial charge is 0.480 e. The number of ether oxygens (including phenoxy) is 1. The molecule has 1 aliphatic heterocycles. The van der Waals surface area contributed by atoms with Gasteiger partial charge in [0.2, 0.25) is 5.91 Å². The van der Waals surface area contributed by atoms with E-state index in [9.17, 15) is 19.5 Å². The van der Waals surface area contributed by atoms with Crippen LogP contribution in [-0.2, 0) is 19.7 Å². The van der Waals surface area contributed by atoms with Gasteiger partial charge < -0.3 is 20.1 Å². The molecule has 1 fully saturated rings. The fourth-order valence-corrected chi connectivity index (χ4v) is 2.96. The average molecular weight is 362 g/mol. The average Bonchev–Trinajstić information content (AvgIpc) is 3.03. The van der Waals surface area contributed by atoms with Gasteiger partial charge >= 0.3 is 5.97 Å². The molecule has 7 nitrogen and oxygen atoms in total. The zero-order valence-corrected chi connectivity index (χ0v) is 15.6. The van der Waals surface area contributed by atoms with Crippen molar-refractivity contribution < 1.29 is 24.2 Å². The van der Waals surface area contributed by atoms with Gasteiger partial charge in [-0.2, -0.15) is 0 Å². The molecule has 0 spiro atoms. The predicted molar refractivity (Wildman–Crippen MR) is 96.0 cm³/mol. The monoisotopic (exact) mass is 362 g/mol. The highest BCUT2D eigenvalue weighted by Crippen LogP contribution is 2.22. The van der Waals surface area contributed by atoms with E-state index >= 15 is 0 Å². The zero-order valence-electron chi connectivity index (χ0n) is 15.6. The molecule has 0 saturated carbocycles. The first kappa shape index (κ1) is 19.9. The lowest BCUT2D eigenvalue weighted by molar-refractivity contribution is -0.147. The SMILES string of the molecule is COC1CC(C(=O)O)N(C(=O)CNC(=O)c2ccc(C(C)(C)C)cc2)C1. The van der Waals surface area contributed by atoms with Crippen LogP contribution < -0.4 is 5.32 Å². The van der Waals surface area contributed by atoms with Crippen LogP contribution in [0.1, 0.15) is 43.1 Å². The fraction of sp³-hybridized carbons (Fsp3) is 0.526. The van der Waals surface area contributed by atoms with Gasteiger partial charge in [0, 0.05) is 25.6 Å². The summed E-state index contributed by atoms with van der Waals surface area (Å²) in [7, 11) is 1.49. The standard InChI is InChI=1S/C19H26N2O5/c1-19(2,3)13-7-5-12(6-8-13)17(23)20-10-16(22)21-11-14(26-4)9-15(21)18(24)25/h5-8,14-15H,9-11H2,1-4H3,(H,20,23)(H,24,25). The summed E-state index contributed by atoms with van der Waals surface area (Å²) in [5, 5.41) is 11.8. The van der Waals surface area contributed by atoms with Crippen LogP contribution in [0.4, 0.5) is 0 Å². The minimum atomic E-state index is -1.07. The lowest BCUT2D eigenvalue weighted by atomic mass is 9.87. The zero-order chi connectivity index (χ0) is 19.5. The van der Waals surface area contributed by atoms with Crippen molar-refractivity contribution in [1.29, 1.82) is 0 Å². The molecule has 1 aromatic rings. The number of carboxylic acid groups (broad SMARTS) is 1. The number of hydrogen-bond donors (Lipinski definition) is 2. The summed E-state index contributed by atoms with van der Waals surface area (Å²) in [5.41, 5.74) is 1.55. The lowest BCUT2D eigenvalue weighted by Crippen LogP contribution is -2.45. The second-order valence-corrected chi connectivity index (χ2v) is 7.50. The van der Waals surface area contributed by atoms with E-state index in [-0.39, 0.29) is 36.9 Å². The molecule has 1 saturated heterocycles. The molecule has 2 unspecified atom stereocenters. The first-order chi connectivity index (χ1) is 12.1. The Labute approximate surface area is 153 Å². The number of nitrogens with zero attached hydrogens (tertiary/aromatic N) is 1. The van der Waals surface area contributed by atoms with Crippen LogP contribution in [0.2, 0.25) is 0 Å². The third-order valence-electron chi connectivity index (χ3n) is 4.61. The van der Waals surface area contributed by atoms with Crippen LogP contribution in [0.25, 0.3) is 0 Å². The number of likely N-dealkylation sites (tertiary alicyclic amines) is 1. The summed E-state index contributed by atoms with van der Waals surface area (Å²) < 4.78 is 5.16. The van der Waals surface area contributed by atoms with Crippen LogP contribution in [0.5, 0.6) is 0 Å². The molecule has 142 valence electrons. The minimum Gasteiger partial charge on any atom is -0.480 e. The maximum absolute atomic E-state index is 12.3. The van der Waals surface area contributed by atoms with Crippen molar-refractivity contribution in [2.24, 2.45) is 0 Å². The van der Waals surface area contributed by atoms with E-state index < -0.39 is 17.9 Å². The van der Waals surface area contributed by atoms with Crippen molar-refractivity contribution in [3.05, 3.63) is 35.4 Å². The third kappa shape index (κ3) is 4.60. The van der Waals surface area contributed by atoms with Gasteiger partial charge in [0.25, 0.3) is 5.91 Å². The Balaban J connectivity index is 1.96. The Morgan fingerprint density at radius 2 is 1.85 bits per heavy atom. The van der Waals surface area contributed by atoms with Gasteiger partial charge in [0.1, 0.15) is 6.04 Å². The summed E-state index contributed by atoms with van der Waals surface area (Å²) >= 11 is 0. The highest BCUT2D eigenvalue weighted by atomic mass is 16.5. The van der Waals surface area contributed by atoms with E-state index in [1.165, 1.54) is 12.0 Å². The molecule has 0 bridgehead atoms. The molecule has 2 N–H and O–H groups in total. The number of hydrogen-bond acceptors (Lipinski definition) is 4. The van der Waals surface area contributed by atoms with Crippen LogP contribution in [0.3, 0.4) is 0 Å². The fourth-order valence-electron chi connectivity index (χ4n) is 2.96. The van der Waals surface area contributed by atoms with Crippen LogP contribution in [0, 0.1) is 0 Å². The number of amides is 2. The van der Waals surface area contributed by atoms with Gasteiger partial charge in [-0.3, -0.25) is 9.59 Å². The summed E-state index contributed by atoms with van der Waals surface area (Å²) in [5.74, 6) is -1.87. The van der Waals surface area contributed by atoms with Gasteiger partial charge in [-0.15, -0.1) is 0 Å². The molecule has 2 atom stereocenters. The van der Waals surface area contributed by atoms with Crippen molar-refractivity contribution in [3.63, 3.8) is 0 Å². The molecule has 26 heavy (non-hydrogen) atoms. The Hall–Kier alpha value is -2.41. The number of carbonyl (C=O) groups is 3. The molecule has 2 amide bonds. The molecule has 1 heterocycles. The van der Waals surface area contributed by atoms with E-state index in [0.717, 1.165) is 5.56 Å². The number of carbonyl (C=O) groups excluding carboxylic acids is 2. The highest BCUT2D eigenvalue weighted by Gasteiger charge is 2.39. The van der Waals surface area contributed by atoms with E-state index in [0.29, 0.717) is 5.56 Å². The van der Waals surface area contributed by atoms with Crippen molar-refractivity contribution in [3.8, 4) is 0 Å². The summed E-state index contributed by atoms with van der Waals surface area (Å²) in [6.07, 6.45) is -0.0551. The number of nitrogens with one attached hydrogen (secondary N) is 1. The number of carboxylic acids is 1. The molecule has 0 radical (unpaired) electrons. The number of methoxy groups -OCH3 is 1. The third-order valence-corrected chi connectivity index (χ3v) is 4.61. The van der Waals surface area contributed by atoms with E-state index in [2.05, 4.69) is 26.1 Å². The Kier molecular flexibility index (Phi) is 6.02. The number of aliphatic carboxylic acids is 1. The van der Waals surface area contributed by atoms with Gasteiger partial charge in [0.15, 0.2) is 0 Å². The highest BCUT2D eigenvalue weighted by molar-refractivity contribution is 5.97. The van der Waals surface area contributed by atoms with E-state index in [1.807, 2.05) is 12.1 Å². The van der Waals surface area contributed by atoms with Crippen LogP contribution >= 0.6 is 0 Å². The maximum atomic E-state index is 12.3. The molecule has 0 aromatic heterocycles. The second-order valence-electron chi connectivity index (χ2n) is 7.50. The quantitative estimate of drug-likeness (QED) is 0.826. The molecule has 7 heteroatoms. The molecule has 0 aliphatic carbocycles. The van der Waals surface area contributed by atoms with Crippen LogP contribution in [-0.4, -0.2) is 60.1 Å². The summed E-state index contributed by atoms with van der Waals surface area (Å²) in [6.45, 7) is 6.22. The van der Waals surface area contributed by atoms with Crippen molar-refractivity contribution >= 4 is 17.8 Å². The molecule has 2 rings (SSSR count).